The molecule has 0 fully saturated rings. The highest BCUT2D eigenvalue weighted by atomic mass is 35.5. The fourth-order valence-electron chi connectivity index (χ4n) is 1.61. The van der Waals surface area contributed by atoms with Gasteiger partial charge in [-0.2, -0.15) is 0 Å². The molecule has 6 heteroatoms. The smallest absolute Gasteiger partial charge is 0.304 e. The first-order chi connectivity index (χ1) is 6.61. The molecule has 0 aromatic heterocycles. The standard InChI is InChI=1S/C9H19N3O2.ClH/c1-6(2)3-7(5-10)4-8-11-9(13)14-12-8;/h6-7,9,13H,3-5,10H2,1-2H3,(H,11,12);1H. The minimum atomic E-state index is -0.984. The van der Waals surface area contributed by atoms with Crippen LogP contribution in [0.5, 0.6) is 0 Å². The van der Waals surface area contributed by atoms with Crippen LogP contribution in [0.4, 0.5) is 0 Å². The molecule has 1 aliphatic heterocycles. The molecule has 0 amide bonds. The maximum Gasteiger partial charge on any atom is 0.304 e. The third-order valence-electron chi connectivity index (χ3n) is 2.17. The molecule has 0 saturated heterocycles. The summed E-state index contributed by atoms with van der Waals surface area (Å²) in [5, 5.41) is 15.4. The van der Waals surface area contributed by atoms with Crippen molar-refractivity contribution in [3.8, 4) is 0 Å². The Morgan fingerprint density at radius 2 is 2.27 bits per heavy atom. The van der Waals surface area contributed by atoms with Gasteiger partial charge in [0.2, 0.25) is 0 Å². The second kappa shape index (κ2) is 6.87. The van der Waals surface area contributed by atoms with Crippen molar-refractivity contribution in [3.05, 3.63) is 0 Å². The van der Waals surface area contributed by atoms with Gasteiger partial charge in [0.25, 0.3) is 0 Å². The summed E-state index contributed by atoms with van der Waals surface area (Å²) in [5.74, 6) is 1.71. The number of halogens is 1. The van der Waals surface area contributed by atoms with Crippen molar-refractivity contribution in [2.45, 2.75) is 33.1 Å². The number of aliphatic hydroxyl groups is 1. The van der Waals surface area contributed by atoms with Gasteiger partial charge in [0, 0.05) is 6.42 Å². The molecule has 5 nitrogen and oxygen atoms in total. The van der Waals surface area contributed by atoms with Crippen molar-refractivity contribution in [1.82, 2.24) is 5.32 Å². The van der Waals surface area contributed by atoms with E-state index in [0.29, 0.717) is 24.2 Å². The van der Waals surface area contributed by atoms with Crippen LogP contribution in [0, 0.1) is 11.8 Å². The summed E-state index contributed by atoms with van der Waals surface area (Å²) in [6.45, 7) is 4.96. The van der Waals surface area contributed by atoms with Crippen molar-refractivity contribution >= 4 is 18.2 Å². The Balaban J connectivity index is 0.00000196. The molecule has 0 aliphatic carbocycles. The lowest BCUT2D eigenvalue weighted by molar-refractivity contribution is -0.0896. The molecule has 4 N–H and O–H groups in total. The number of amidine groups is 1. The van der Waals surface area contributed by atoms with E-state index in [1.54, 1.807) is 0 Å². The Morgan fingerprint density at radius 3 is 2.67 bits per heavy atom. The van der Waals surface area contributed by atoms with Gasteiger partial charge in [-0.15, -0.1) is 12.4 Å². The molecule has 0 radical (unpaired) electrons. The largest absolute Gasteiger partial charge is 0.340 e. The summed E-state index contributed by atoms with van der Waals surface area (Å²) in [7, 11) is 0. The minimum Gasteiger partial charge on any atom is -0.340 e. The molecule has 1 aliphatic rings. The van der Waals surface area contributed by atoms with Crippen LogP contribution in [-0.4, -0.2) is 23.9 Å². The highest BCUT2D eigenvalue weighted by Gasteiger charge is 2.19. The van der Waals surface area contributed by atoms with Crippen LogP contribution in [-0.2, 0) is 4.84 Å². The van der Waals surface area contributed by atoms with Gasteiger partial charge in [0.05, 0.1) is 0 Å². The van der Waals surface area contributed by atoms with Crippen LogP contribution < -0.4 is 11.1 Å². The average Bonchev–Trinajstić information content (AvgIpc) is 2.49. The fraction of sp³-hybridized carbons (Fsp3) is 0.889. The van der Waals surface area contributed by atoms with Crippen LogP contribution in [0.1, 0.15) is 26.7 Å². The molecule has 15 heavy (non-hydrogen) atoms. The number of hydrogen-bond acceptors (Lipinski definition) is 5. The number of nitrogens with zero attached hydrogens (tertiary/aromatic N) is 1. The van der Waals surface area contributed by atoms with E-state index in [1.165, 1.54) is 0 Å². The molecule has 0 saturated carbocycles. The number of nitrogens with one attached hydrogen (secondary N) is 1. The molecule has 90 valence electrons. The number of nitrogens with two attached hydrogens (primary N) is 1. The zero-order valence-corrected chi connectivity index (χ0v) is 9.96. The van der Waals surface area contributed by atoms with E-state index in [-0.39, 0.29) is 12.4 Å². The number of oxime groups is 1. The predicted octanol–water partition coefficient (Wildman–Crippen LogP) is 0.629. The van der Waals surface area contributed by atoms with E-state index >= 15 is 0 Å². The second-order valence-corrected chi connectivity index (χ2v) is 4.08. The first-order valence-corrected chi connectivity index (χ1v) is 4.99. The zero-order valence-electron chi connectivity index (χ0n) is 9.14. The molecule has 2 atom stereocenters. The molecule has 2 unspecified atom stereocenters. The summed E-state index contributed by atoms with van der Waals surface area (Å²) in [5.41, 5.74) is 5.65. The molecule has 0 aromatic carbocycles. The summed E-state index contributed by atoms with van der Waals surface area (Å²) >= 11 is 0. The number of hydrogen-bond donors (Lipinski definition) is 3. The van der Waals surface area contributed by atoms with Gasteiger partial charge >= 0.3 is 6.41 Å². The first kappa shape index (κ1) is 14.5. The van der Waals surface area contributed by atoms with Crippen LogP contribution in [0.3, 0.4) is 0 Å². The van der Waals surface area contributed by atoms with Crippen LogP contribution >= 0.6 is 12.4 Å². The summed E-state index contributed by atoms with van der Waals surface area (Å²) in [6.07, 6.45) is 0.821. The zero-order chi connectivity index (χ0) is 10.6. The van der Waals surface area contributed by atoms with Crippen LogP contribution in [0.2, 0.25) is 0 Å². The van der Waals surface area contributed by atoms with Gasteiger partial charge in [-0.05, 0) is 24.8 Å². The van der Waals surface area contributed by atoms with Gasteiger partial charge in [0.15, 0.2) is 0 Å². The molecule has 1 heterocycles. The third-order valence-corrected chi connectivity index (χ3v) is 2.17. The average molecular weight is 238 g/mol. The monoisotopic (exact) mass is 237 g/mol. The lowest BCUT2D eigenvalue weighted by atomic mass is 9.94. The Morgan fingerprint density at radius 1 is 1.60 bits per heavy atom. The SMILES string of the molecule is CC(C)CC(CN)CC1=NOC(O)N1.Cl. The quantitative estimate of drug-likeness (QED) is 0.655. The van der Waals surface area contributed by atoms with Gasteiger partial charge in [-0.3, -0.25) is 0 Å². The van der Waals surface area contributed by atoms with Crippen LogP contribution in [0.25, 0.3) is 0 Å². The molecule has 0 spiro atoms. The second-order valence-electron chi connectivity index (χ2n) is 4.08. The lowest BCUT2D eigenvalue weighted by Crippen LogP contribution is -2.31. The first-order valence-electron chi connectivity index (χ1n) is 4.99. The van der Waals surface area contributed by atoms with Gasteiger partial charge in [-0.25, -0.2) is 0 Å². The highest BCUT2D eigenvalue weighted by Crippen LogP contribution is 2.15. The summed E-state index contributed by atoms with van der Waals surface area (Å²) in [6, 6.07) is 0. The van der Waals surface area contributed by atoms with E-state index in [0.717, 1.165) is 12.8 Å². The summed E-state index contributed by atoms with van der Waals surface area (Å²) < 4.78 is 0. The van der Waals surface area contributed by atoms with Crippen molar-refractivity contribution in [1.29, 1.82) is 0 Å². The van der Waals surface area contributed by atoms with Crippen molar-refractivity contribution in [2.75, 3.05) is 6.54 Å². The third kappa shape index (κ3) is 5.20. The van der Waals surface area contributed by atoms with E-state index in [4.69, 9.17) is 10.8 Å². The molecule has 0 aromatic rings. The Labute approximate surface area is 96.5 Å². The lowest BCUT2D eigenvalue weighted by Gasteiger charge is -2.16. The Bertz CT molecular complexity index is 212. The van der Waals surface area contributed by atoms with Crippen molar-refractivity contribution < 1.29 is 9.94 Å². The van der Waals surface area contributed by atoms with Crippen LogP contribution in [0.15, 0.2) is 5.16 Å². The van der Waals surface area contributed by atoms with Crippen molar-refractivity contribution in [3.63, 3.8) is 0 Å². The minimum absolute atomic E-state index is 0. The number of aliphatic hydroxyl groups excluding tert-OH is 1. The molecular weight excluding hydrogens is 218 g/mol. The molecule has 0 bridgehead atoms. The van der Waals surface area contributed by atoms with E-state index in [2.05, 4.69) is 29.2 Å². The van der Waals surface area contributed by atoms with Crippen molar-refractivity contribution in [2.24, 2.45) is 22.7 Å². The molecular formula is C9H20ClN3O2. The summed E-state index contributed by atoms with van der Waals surface area (Å²) in [4.78, 5) is 4.61. The van der Waals surface area contributed by atoms with E-state index < -0.39 is 6.41 Å². The van der Waals surface area contributed by atoms with Gasteiger partial charge < -0.3 is 21.0 Å². The topological polar surface area (TPSA) is 79.9 Å². The normalized spacial score (nSPS) is 21.4. The van der Waals surface area contributed by atoms with Gasteiger partial charge in [-0.1, -0.05) is 19.0 Å². The Kier molecular flexibility index (Phi) is 6.63. The maximum absolute atomic E-state index is 8.99. The fourth-order valence-corrected chi connectivity index (χ4v) is 1.61. The van der Waals surface area contributed by atoms with E-state index in [9.17, 15) is 0 Å². The van der Waals surface area contributed by atoms with E-state index in [1.807, 2.05) is 0 Å². The molecule has 1 rings (SSSR count). The Hall–Kier alpha value is -0.520. The highest BCUT2D eigenvalue weighted by molar-refractivity contribution is 5.85. The maximum atomic E-state index is 8.99. The van der Waals surface area contributed by atoms with Gasteiger partial charge in [0.1, 0.15) is 5.84 Å². The number of rotatable bonds is 5. The predicted molar refractivity (Wildman–Crippen MR) is 61.5 cm³/mol.